The molecule has 3 nitrogen and oxygen atoms in total. The third-order valence-electron chi connectivity index (χ3n) is 4.08. The van der Waals surface area contributed by atoms with Crippen LogP contribution in [0.5, 0.6) is 0 Å². The minimum Gasteiger partial charge on any atom is -0.478 e. The van der Waals surface area contributed by atoms with Gasteiger partial charge in [0.2, 0.25) is 0 Å². The van der Waals surface area contributed by atoms with Crippen molar-refractivity contribution in [3.8, 4) is 0 Å². The standard InChI is InChI=1S/C16H23NO2/c1-5-8-17-14-7-6-12(15(18)19)9-13(14)11(2)10-16(17,3)4/h6-7,9,11H,5,8,10H2,1-4H3,(H,18,19)/t11-/m1/s1. The predicted octanol–water partition coefficient (Wildman–Crippen LogP) is 3.89. The Hall–Kier alpha value is -1.51. The maximum Gasteiger partial charge on any atom is 0.335 e. The van der Waals surface area contributed by atoms with Crippen LogP contribution in [0.2, 0.25) is 0 Å². The smallest absolute Gasteiger partial charge is 0.335 e. The Morgan fingerprint density at radius 1 is 1.47 bits per heavy atom. The topological polar surface area (TPSA) is 40.5 Å². The van der Waals surface area contributed by atoms with Crippen LogP contribution in [0.25, 0.3) is 0 Å². The van der Waals surface area contributed by atoms with Crippen molar-refractivity contribution < 1.29 is 9.90 Å². The van der Waals surface area contributed by atoms with Gasteiger partial charge in [0, 0.05) is 17.8 Å². The second-order valence-electron chi connectivity index (χ2n) is 6.15. The Labute approximate surface area is 115 Å². The minimum atomic E-state index is -0.845. The summed E-state index contributed by atoms with van der Waals surface area (Å²) in [4.78, 5) is 13.5. The Bertz CT molecular complexity index is 494. The second kappa shape index (κ2) is 4.87. The van der Waals surface area contributed by atoms with Crippen LogP contribution in [0.1, 0.15) is 62.4 Å². The van der Waals surface area contributed by atoms with E-state index in [1.54, 1.807) is 6.07 Å². The average Bonchev–Trinajstić information content (AvgIpc) is 2.33. The second-order valence-corrected chi connectivity index (χ2v) is 6.15. The summed E-state index contributed by atoms with van der Waals surface area (Å²) in [7, 11) is 0. The first-order valence-corrected chi connectivity index (χ1v) is 7.01. The molecule has 0 spiro atoms. The molecule has 0 amide bonds. The quantitative estimate of drug-likeness (QED) is 0.897. The molecule has 104 valence electrons. The van der Waals surface area contributed by atoms with Crippen molar-refractivity contribution in [2.24, 2.45) is 0 Å². The number of carbonyl (C=O) groups is 1. The van der Waals surface area contributed by atoms with Crippen LogP contribution in [0.4, 0.5) is 5.69 Å². The van der Waals surface area contributed by atoms with Crippen molar-refractivity contribution >= 4 is 11.7 Å². The molecule has 2 rings (SSSR count). The molecule has 1 atom stereocenters. The van der Waals surface area contributed by atoms with Crippen molar-refractivity contribution in [1.82, 2.24) is 0 Å². The van der Waals surface area contributed by atoms with Crippen LogP contribution >= 0.6 is 0 Å². The summed E-state index contributed by atoms with van der Waals surface area (Å²) in [5.74, 6) is -0.445. The molecule has 1 aliphatic heterocycles. The third kappa shape index (κ3) is 2.46. The highest BCUT2D eigenvalue weighted by Crippen LogP contribution is 2.43. The lowest BCUT2D eigenvalue weighted by molar-refractivity contribution is 0.0696. The van der Waals surface area contributed by atoms with Crippen molar-refractivity contribution in [3.63, 3.8) is 0 Å². The fraction of sp³-hybridized carbons (Fsp3) is 0.562. The fourth-order valence-electron chi connectivity index (χ4n) is 3.27. The van der Waals surface area contributed by atoms with Crippen molar-refractivity contribution in [1.29, 1.82) is 0 Å². The van der Waals surface area contributed by atoms with Crippen molar-refractivity contribution in [2.45, 2.75) is 52.0 Å². The highest BCUT2D eigenvalue weighted by molar-refractivity contribution is 5.88. The van der Waals surface area contributed by atoms with Gasteiger partial charge in [-0.05, 0) is 56.4 Å². The van der Waals surface area contributed by atoms with E-state index in [0.717, 1.165) is 19.4 Å². The Balaban J connectivity index is 2.51. The molecule has 0 fully saturated rings. The van der Waals surface area contributed by atoms with Gasteiger partial charge >= 0.3 is 5.97 Å². The number of benzene rings is 1. The van der Waals surface area contributed by atoms with Gasteiger partial charge in [-0.25, -0.2) is 4.79 Å². The molecule has 1 heterocycles. The van der Waals surface area contributed by atoms with E-state index in [2.05, 4.69) is 32.6 Å². The number of nitrogens with zero attached hydrogens (tertiary/aromatic N) is 1. The third-order valence-corrected chi connectivity index (χ3v) is 4.08. The fourth-order valence-corrected chi connectivity index (χ4v) is 3.27. The molecular formula is C16H23NO2. The summed E-state index contributed by atoms with van der Waals surface area (Å²) < 4.78 is 0. The average molecular weight is 261 g/mol. The molecule has 0 aliphatic carbocycles. The Morgan fingerprint density at radius 3 is 2.74 bits per heavy atom. The van der Waals surface area contributed by atoms with Crippen LogP contribution in [0, 0.1) is 0 Å². The van der Waals surface area contributed by atoms with E-state index >= 15 is 0 Å². The van der Waals surface area contributed by atoms with E-state index in [1.807, 2.05) is 12.1 Å². The van der Waals surface area contributed by atoms with E-state index in [1.165, 1.54) is 11.3 Å². The first kappa shape index (κ1) is 13.9. The van der Waals surface area contributed by atoms with Crippen LogP contribution in [0.15, 0.2) is 18.2 Å². The molecule has 1 aromatic carbocycles. The molecule has 0 aromatic heterocycles. The van der Waals surface area contributed by atoms with Crippen LogP contribution in [0.3, 0.4) is 0 Å². The molecular weight excluding hydrogens is 238 g/mol. The van der Waals surface area contributed by atoms with E-state index in [-0.39, 0.29) is 5.54 Å². The van der Waals surface area contributed by atoms with Gasteiger partial charge in [-0.3, -0.25) is 0 Å². The highest BCUT2D eigenvalue weighted by Gasteiger charge is 2.35. The number of carboxylic acids is 1. The minimum absolute atomic E-state index is 0.132. The number of fused-ring (bicyclic) bond motifs is 1. The zero-order valence-corrected chi connectivity index (χ0v) is 12.2. The summed E-state index contributed by atoms with van der Waals surface area (Å²) >= 11 is 0. The maximum atomic E-state index is 11.1. The van der Waals surface area contributed by atoms with Crippen LogP contribution in [-0.4, -0.2) is 23.2 Å². The molecule has 0 unspecified atom stereocenters. The number of anilines is 1. The summed E-state index contributed by atoms with van der Waals surface area (Å²) in [6.45, 7) is 9.93. The Morgan fingerprint density at radius 2 is 2.16 bits per heavy atom. The van der Waals surface area contributed by atoms with Crippen LogP contribution < -0.4 is 4.90 Å². The number of aromatic carboxylic acids is 1. The number of carboxylic acid groups (broad SMARTS) is 1. The number of hydrogen-bond donors (Lipinski definition) is 1. The summed E-state index contributed by atoms with van der Waals surface area (Å²) in [5, 5.41) is 9.13. The monoisotopic (exact) mass is 261 g/mol. The van der Waals surface area contributed by atoms with Gasteiger partial charge in [-0.15, -0.1) is 0 Å². The predicted molar refractivity (Wildman–Crippen MR) is 78.1 cm³/mol. The lowest BCUT2D eigenvalue weighted by atomic mass is 9.79. The number of hydrogen-bond acceptors (Lipinski definition) is 2. The van der Waals surface area contributed by atoms with E-state index in [4.69, 9.17) is 5.11 Å². The van der Waals surface area contributed by atoms with Crippen molar-refractivity contribution in [3.05, 3.63) is 29.3 Å². The normalized spacial score (nSPS) is 21.1. The SMILES string of the molecule is CCCN1c2ccc(C(=O)O)cc2[C@H](C)CC1(C)C. The summed E-state index contributed by atoms with van der Waals surface area (Å²) in [6.07, 6.45) is 2.15. The molecule has 0 radical (unpaired) electrons. The molecule has 3 heteroatoms. The molecule has 1 N–H and O–H groups in total. The van der Waals surface area contributed by atoms with E-state index in [9.17, 15) is 4.79 Å². The van der Waals surface area contributed by atoms with Gasteiger partial charge in [0.05, 0.1) is 5.56 Å². The maximum absolute atomic E-state index is 11.1. The van der Waals surface area contributed by atoms with Gasteiger partial charge in [0.15, 0.2) is 0 Å². The molecule has 0 bridgehead atoms. The summed E-state index contributed by atoms with van der Waals surface area (Å²) in [5.41, 5.74) is 2.90. The zero-order valence-electron chi connectivity index (χ0n) is 12.2. The van der Waals surface area contributed by atoms with Gasteiger partial charge in [0.1, 0.15) is 0 Å². The lowest BCUT2D eigenvalue weighted by Gasteiger charge is -2.47. The Kier molecular flexibility index (Phi) is 3.57. The first-order chi connectivity index (χ1) is 8.86. The van der Waals surface area contributed by atoms with Gasteiger partial charge in [-0.2, -0.15) is 0 Å². The molecule has 0 saturated heterocycles. The highest BCUT2D eigenvalue weighted by atomic mass is 16.4. The largest absolute Gasteiger partial charge is 0.478 e. The van der Waals surface area contributed by atoms with Gasteiger partial charge in [0.25, 0.3) is 0 Å². The van der Waals surface area contributed by atoms with E-state index < -0.39 is 5.97 Å². The summed E-state index contributed by atoms with van der Waals surface area (Å²) in [6, 6.07) is 5.55. The first-order valence-electron chi connectivity index (χ1n) is 7.01. The van der Waals surface area contributed by atoms with Gasteiger partial charge < -0.3 is 10.0 Å². The van der Waals surface area contributed by atoms with E-state index in [0.29, 0.717) is 11.5 Å². The lowest BCUT2D eigenvalue weighted by Crippen LogP contribution is -2.48. The molecule has 0 saturated carbocycles. The van der Waals surface area contributed by atoms with Crippen molar-refractivity contribution in [2.75, 3.05) is 11.4 Å². The van der Waals surface area contributed by atoms with Gasteiger partial charge in [-0.1, -0.05) is 13.8 Å². The van der Waals surface area contributed by atoms with Crippen LogP contribution in [-0.2, 0) is 0 Å². The molecule has 19 heavy (non-hydrogen) atoms. The molecule has 1 aromatic rings. The number of rotatable bonds is 3. The zero-order chi connectivity index (χ0) is 14.2. The molecule has 1 aliphatic rings.